The number of alkyl halides is 6. The molecule has 0 amide bonds. The highest BCUT2D eigenvalue weighted by molar-refractivity contribution is 5.81. The zero-order valence-electron chi connectivity index (χ0n) is 20.6. The number of benzene rings is 3. The summed E-state index contributed by atoms with van der Waals surface area (Å²) in [5.74, 6) is 0.545. The molecule has 4 aromatic rings. The molecule has 39 heavy (non-hydrogen) atoms. The summed E-state index contributed by atoms with van der Waals surface area (Å²) in [6, 6.07) is 16.7. The first kappa shape index (κ1) is 26.7. The molecule has 1 aromatic heterocycles. The van der Waals surface area contributed by atoms with Crippen molar-refractivity contribution in [2.45, 2.75) is 25.2 Å². The molecule has 202 valence electrons. The van der Waals surface area contributed by atoms with Gasteiger partial charge in [0.1, 0.15) is 5.75 Å². The van der Waals surface area contributed by atoms with Crippen LogP contribution in [0.5, 0.6) is 5.75 Å². The van der Waals surface area contributed by atoms with Crippen LogP contribution in [0.4, 0.5) is 26.3 Å². The first-order valence-electron chi connectivity index (χ1n) is 12.2. The summed E-state index contributed by atoms with van der Waals surface area (Å²) < 4.78 is 84.6. The van der Waals surface area contributed by atoms with Crippen LogP contribution in [-0.4, -0.2) is 18.1 Å². The topological polar surface area (TPSA) is 48.1 Å². The molecular weight excluding hydrogens is 518 g/mol. The molecular formula is C30H24F6N2O. The Bertz CT molecular complexity index is 1380. The molecule has 0 spiro atoms. The van der Waals surface area contributed by atoms with E-state index in [0.29, 0.717) is 52.3 Å². The summed E-state index contributed by atoms with van der Waals surface area (Å²) in [6.07, 6.45) is -3.72. The number of hydrogen-bond acceptors (Lipinski definition) is 3. The maximum atomic E-state index is 13.1. The van der Waals surface area contributed by atoms with Gasteiger partial charge < -0.3 is 10.5 Å². The van der Waals surface area contributed by atoms with Gasteiger partial charge in [-0.25, -0.2) is 0 Å². The summed E-state index contributed by atoms with van der Waals surface area (Å²) in [5.41, 5.74) is 7.91. The standard InChI is InChI=1S/C30H24F6N2O/c31-29(32,33)25-5-1-19(2-6-25)21-11-22(20-3-7-26(8-4-20)30(34,35)36)13-23(12-21)24-14-27(16-38-15-24)39-18-28(17-37)9-10-28/h1-8,11-16H,9-10,17-18,37H2. The Morgan fingerprint density at radius 2 is 1.10 bits per heavy atom. The second-order valence-electron chi connectivity index (χ2n) is 9.85. The van der Waals surface area contributed by atoms with Gasteiger partial charge >= 0.3 is 12.4 Å². The maximum absolute atomic E-state index is 13.1. The number of ether oxygens (including phenoxy) is 1. The highest BCUT2D eigenvalue weighted by Gasteiger charge is 2.42. The largest absolute Gasteiger partial charge is 0.491 e. The van der Waals surface area contributed by atoms with Crippen LogP contribution in [0.15, 0.2) is 85.2 Å². The maximum Gasteiger partial charge on any atom is 0.416 e. The molecule has 0 radical (unpaired) electrons. The van der Waals surface area contributed by atoms with Crippen LogP contribution in [0.25, 0.3) is 33.4 Å². The lowest BCUT2D eigenvalue weighted by Gasteiger charge is -2.15. The van der Waals surface area contributed by atoms with Crippen molar-refractivity contribution >= 4 is 0 Å². The van der Waals surface area contributed by atoms with Crippen molar-refractivity contribution in [3.05, 3.63) is 96.3 Å². The fourth-order valence-corrected chi connectivity index (χ4v) is 4.31. The van der Waals surface area contributed by atoms with Gasteiger partial charge in [0.15, 0.2) is 0 Å². The molecule has 1 heterocycles. The van der Waals surface area contributed by atoms with Crippen LogP contribution in [0.3, 0.4) is 0 Å². The predicted octanol–water partition coefficient (Wildman–Crippen LogP) is 8.24. The van der Waals surface area contributed by atoms with Gasteiger partial charge in [0, 0.05) is 23.7 Å². The van der Waals surface area contributed by atoms with E-state index in [0.717, 1.165) is 37.1 Å². The highest BCUT2D eigenvalue weighted by atomic mass is 19.4. The Hall–Kier alpha value is -3.85. The van der Waals surface area contributed by atoms with Gasteiger partial charge in [-0.2, -0.15) is 26.3 Å². The fourth-order valence-electron chi connectivity index (χ4n) is 4.31. The van der Waals surface area contributed by atoms with Crippen LogP contribution in [0.1, 0.15) is 24.0 Å². The molecule has 3 nitrogen and oxygen atoms in total. The first-order valence-corrected chi connectivity index (χ1v) is 12.2. The van der Waals surface area contributed by atoms with Gasteiger partial charge in [-0.1, -0.05) is 24.3 Å². The second kappa shape index (κ2) is 10.0. The van der Waals surface area contributed by atoms with E-state index in [1.807, 2.05) is 6.07 Å². The number of hydrogen-bond donors (Lipinski definition) is 1. The summed E-state index contributed by atoms with van der Waals surface area (Å²) in [7, 11) is 0. The Labute approximate surface area is 221 Å². The van der Waals surface area contributed by atoms with Crippen molar-refractivity contribution in [2.24, 2.45) is 11.1 Å². The fraction of sp³-hybridized carbons (Fsp3) is 0.233. The number of halogens is 6. The van der Waals surface area contributed by atoms with Crippen LogP contribution in [0, 0.1) is 5.41 Å². The van der Waals surface area contributed by atoms with Crippen molar-refractivity contribution in [1.29, 1.82) is 0 Å². The van der Waals surface area contributed by atoms with E-state index in [9.17, 15) is 26.3 Å². The Balaban J connectivity index is 1.54. The minimum atomic E-state index is -4.47. The van der Waals surface area contributed by atoms with Crippen molar-refractivity contribution in [3.63, 3.8) is 0 Å². The quantitative estimate of drug-likeness (QED) is 0.239. The molecule has 1 saturated carbocycles. The summed E-state index contributed by atoms with van der Waals surface area (Å²) in [6.45, 7) is 1.00. The van der Waals surface area contributed by atoms with Crippen LogP contribution in [-0.2, 0) is 12.4 Å². The van der Waals surface area contributed by atoms with Crippen molar-refractivity contribution in [2.75, 3.05) is 13.2 Å². The smallest absolute Gasteiger partial charge is 0.416 e. The van der Waals surface area contributed by atoms with E-state index in [-0.39, 0.29) is 5.41 Å². The van der Waals surface area contributed by atoms with E-state index in [1.165, 1.54) is 24.3 Å². The Morgan fingerprint density at radius 3 is 1.51 bits per heavy atom. The van der Waals surface area contributed by atoms with E-state index < -0.39 is 23.5 Å². The predicted molar refractivity (Wildman–Crippen MR) is 137 cm³/mol. The number of nitrogens with zero attached hydrogens (tertiary/aromatic N) is 1. The van der Waals surface area contributed by atoms with Crippen molar-refractivity contribution in [1.82, 2.24) is 4.98 Å². The van der Waals surface area contributed by atoms with Gasteiger partial charge in [0.25, 0.3) is 0 Å². The molecule has 0 atom stereocenters. The summed E-state index contributed by atoms with van der Waals surface area (Å²) in [4.78, 5) is 4.28. The van der Waals surface area contributed by atoms with Gasteiger partial charge in [-0.15, -0.1) is 0 Å². The lowest BCUT2D eigenvalue weighted by atomic mass is 9.93. The van der Waals surface area contributed by atoms with E-state index in [1.54, 1.807) is 30.6 Å². The molecule has 0 saturated heterocycles. The van der Waals surface area contributed by atoms with Gasteiger partial charge in [-0.05, 0) is 89.2 Å². The highest BCUT2D eigenvalue weighted by Crippen LogP contribution is 2.45. The van der Waals surface area contributed by atoms with Gasteiger partial charge in [-0.3, -0.25) is 4.98 Å². The molecule has 1 aliphatic carbocycles. The molecule has 0 bridgehead atoms. The molecule has 3 aromatic carbocycles. The number of nitrogens with two attached hydrogens (primary N) is 1. The van der Waals surface area contributed by atoms with Crippen LogP contribution >= 0.6 is 0 Å². The summed E-state index contributed by atoms with van der Waals surface area (Å²) in [5, 5.41) is 0. The molecule has 5 rings (SSSR count). The summed E-state index contributed by atoms with van der Waals surface area (Å²) >= 11 is 0. The molecule has 0 aliphatic heterocycles. The van der Waals surface area contributed by atoms with E-state index in [4.69, 9.17) is 10.5 Å². The zero-order valence-corrected chi connectivity index (χ0v) is 20.6. The van der Waals surface area contributed by atoms with Crippen LogP contribution < -0.4 is 10.5 Å². The second-order valence-corrected chi connectivity index (χ2v) is 9.85. The minimum Gasteiger partial charge on any atom is -0.491 e. The van der Waals surface area contributed by atoms with E-state index in [2.05, 4.69) is 4.98 Å². The minimum absolute atomic E-state index is 0.00571. The number of aromatic nitrogens is 1. The van der Waals surface area contributed by atoms with Crippen molar-refractivity contribution in [3.8, 4) is 39.1 Å². The third-order valence-electron chi connectivity index (χ3n) is 7.01. The molecule has 2 N–H and O–H groups in total. The molecule has 1 fully saturated rings. The Kier molecular flexibility index (Phi) is 6.88. The van der Waals surface area contributed by atoms with Gasteiger partial charge in [0.2, 0.25) is 0 Å². The van der Waals surface area contributed by atoms with Gasteiger partial charge in [0.05, 0.1) is 23.9 Å². The SMILES string of the molecule is NCC1(COc2cncc(-c3cc(-c4ccc(C(F)(F)F)cc4)cc(-c4ccc(C(F)(F)F)cc4)c3)c2)CC1. The lowest BCUT2D eigenvalue weighted by Crippen LogP contribution is -2.22. The Morgan fingerprint density at radius 1 is 0.641 bits per heavy atom. The monoisotopic (exact) mass is 542 g/mol. The average molecular weight is 543 g/mol. The molecule has 0 unspecified atom stereocenters. The van der Waals surface area contributed by atoms with Crippen LogP contribution in [0.2, 0.25) is 0 Å². The lowest BCUT2D eigenvalue weighted by molar-refractivity contribution is -0.138. The van der Waals surface area contributed by atoms with E-state index >= 15 is 0 Å². The zero-order chi connectivity index (χ0) is 27.8. The molecule has 9 heteroatoms. The third kappa shape index (κ3) is 6.09. The normalized spacial score (nSPS) is 14.7. The first-order chi connectivity index (χ1) is 18.5. The number of rotatable bonds is 7. The number of pyridine rings is 1. The average Bonchev–Trinajstić information content (AvgIpc) is 3.71. The van der Waals surface area contributed by atoms with Crippen molar-refractivity contribution < 1.29 is 31.1 Å². The third-order valence-corrected chi connectivity index (χ3v) is 7.01. The molecule has 1 aliphatic rings.